The molecule has 0 unspecified atom stereocenters. The van der Waals surface area contributed by atoms with Gasteiger partial charge in [0, 0.05) is 17.6 Å². The molecule has 5 aromatic rings. The van der Waals surface area contributed by atoms with Gasteiger partial charge in [0.25, 0.3) is 5.56 Å². The van der Waals surface area contributed by atoms with E-state index >= 15 is 0 Å². The molecule has 0 aliphatic carbocycles. The maximum atomic E-state index is 13.4. The number of nitrogens with zero attached hydrogens (tertiary/aromatic N) is 4. The topological polar surface area (TPSA) is 96.2 Å². The molecule has 9 heteroatoms. The Morgan fingerprint density at radius 3 is 2.79 bits per heavy atom. The standard InChI is InChI=1S/C25H22N4O4S/c1-15-8-10-16(11-9-15)23-26-20(33-28-23)14-34-25-27-21-18-6-2-3-7-19(18)32-22(21)24(30)29(25)13-17-5-4-12-31-17/h2-3,6-11,17H,4-5,12-14H2,1H3/t17-/m0/s1. The summed E-state index contributed by atoms with van der Waals surface area (Å²) in [5, 5.41) is 5.51. The number of aromatic nitrogens is 4. The van der Waals surface area contributed by atoms with Crippen LogP contribution < -0.4 is 5.56 Å². The van der Waals surface area contributed by atoms with Crippen LogP contribution in [0.5, 0.6) is 0 Å². The van der Waals surface area contributed by atoms with Gasteiger partial charge in [-0.05, 0) is 31.9 Å². The number of hydrogen-bond acceptors (Lipinski definition) is 8. The molecule has 0 saturated carbocycles. The van der Waals surface area contributed by atoms with E-state index in [4.69, 9.17) is 18.7 Å². The molecular weight excluding hydrogens is 452 g/mol. The van der Waals surface area contributed by atoms with Crippen molar-refractivity contribution in [3.8, 4) is 11.4 Å². The van der Waals surface area contributed by atoms with Crippen LogP contribution in [0.15, 0.2) is 67.4 Å². The highest BCUT2D eigenvalue weighted by Gasteiger charge is 2.23. The summed E-state index contributed by atoms with van der Waals surface area (Å²) >= 11 is 1.39. The summed E-state index contributed by atoms with van der Waals surface area (Å²) in [7, 11) is 0. The fourth-order valence-corrected chi connectivity index (χ4v) is 5.02. The summed E-state index contributed by atoms with van der Waals surface area (Å²) in [4.78, 5) is 22.8. The lowest BCUT2D eigenvalue weighted by Gasteiger charge is -2.15. The van der Waals surface area contributed by atoms with E-state index in [0.717, 1.165) is 23.8 Å². The molecule has 1 atom stereocenters. The Hall–Kier alpha value is -3.43. The predicted octanol–water partition coefficient (Wildman–Crippen LogP) is 4.97. The lowest BCUT2D eigenvalue weighted by Crippen LogP contribution is -2.28. The maximum absolute atomic E-state index is 13.4. The normalized spacial score (nSPS) is 16.1. The Bertz CT molecular complexity index is 1530. The minimum absolute atomic E-state index is 0.0165. The van der Waals surface area contributed by atoms with E-state index in [1.165, 1.54) is 17.3 Å². The minimum atomic E-state index is -0.204. The van der Waals surface area contributed by atoms with E-state index in [-0.39, 0.29) is 17.2 Å². The number of furan rings is 1. The largest absolute Gasteiger partial charge is 0.448 e. The van der Waals surface area contributed by atoms with Gasteiger partial charge in [-0.25, -0.2) is 4.98 Å². The lowest BCUT2D eigenvalue weighted by atomic mass is 10.1. The third kappa shape index (κ3) is 3.91. The summed E-state index contributed by atoms with van der Waals surface area (Å²) in [6.07, 6.45) is 1.89. The summed E-state index contributed by atoms with van der Waals surface area (Å²) < 4.78 is 18.8. The zero-order chi connectivity index (χ0) is 23.1. The van der Waals surface area contributed by atoms with Crippen LogP contribution in [0.4, 0.5) is 0 Å². The molecule has 0 bridgehead atoms. The maximum Gasteiger partial charge on any atom is 0.297 e. The van der Waals surface area contributed by atoms with Crippen molar-refractivity contribution < 1.29 is 13.7 Å². The molecular formula is C25H22N4O4S. The molecule has 1 saturated heterocycles. The first kappa shape index (κ1) is 21.1. The van der Waals surface area contributed by atoms with Crippen LogP contribution in [0.2, 0.25) is 0 Å². The minimum Gasteiger partial charge on any atom is -0.448 e. The van der Waals surface area contributed by atoms with Crippen molar-refractivity contribution in [2.75, 3.05) is 6.61 Å². The number of hydrogen-bond donors (Lipinski definition) is 0. The summed E-state index contributed by atoms with van der Waals surface area (Å²) in [6.45, 7) is 3.18. The van der Waals surface area contributed by atoms with Crippen LogP contribution in [-0.4, -0.2) is 32.4 Å². The van der Waals surface area contributed by atoms with Crippen LogP contribution in [0.3, 0.4) is 0 Å². The second kappa shape index (κ2) is 8.73. The second-order valence-electron chi connectivity index (χ2n) is 8.39. The van der Waals surface area contributed by atoms with Crippen LogP contribution in [0, 0.1) is 6.92 Å². The predicted molar refractivity (Wildman–Crippen MR) is 129 cm³/mol. The molecule has 172 valence electrons. The average Bonchev–Trinajstić information content (AvgIpc) is 3.61. The average molecular weight is 475 g/mol. The zero-order valence-corrected chi connectivity index (χ0v) is 19.4. The van der Waals surface area contributed by atoms with E-state index in [0.29, 0.717) is 46.9 Å². The fourth-order valence-electron chi connectivity index (χ4n) is 4.18. The van der Waals surface area contributed by atoms with Crippen LogP contribution in [0.25, 0.3) is 33.5 Å². The SMILES string of the molecule is Cc1ccc(-c2noc(CSc3nc4c(oc5ccccc54)c(=O)n3C[C@@H]3CCCO3)n2)cc1. The van der Waals surface area contributed by atoms with Gasteiger partial charge in [0.1, 0.15) is 11.1 Å². The van der Waals surface area contributed by atoms with E-state index in [1.807, 2.05) is 55.5 Å². The number of fused-ring (bicyclic) bond motifs is 3. The van der Waals surface area contributed by atoms with Gasteiger partial charge in [-0.15, -0.1) is 0 Å². The lowest BCUT2D eigenvalue weighted by molar-refractivity contribution is 0.0936. The summed E-state index contributed by atoms with van der Waals surface area (Å²) in [5.74, 6) is 1.39. The molecule has 1 aliphatic heterocycles. The Kier molecular flexibility index (Phi) is 5.43. The Balaban J connectivity index is 1.35. The van der Waals surface area contributed by atoms with Gasteiger partial charge in [-0.1, -0.05) is 58.9 Å². The number of para-hydroxylation sites is 1. The van der Waals surface area contributed by atoms with Gasteiger partial charge in [0.15, 0.2) is 5.16 Å². The van der Waals surface area contributed by atoms with Crippen molar-refractivity contribution in [2.45, 2.75) is 43.3 Å². The molecule has 4 heterocycles. The van der Waals surface area contributed by atoms with E-state index in [1.54, 1.807) is 4.57 Å². The third-order valence-electron chi connectivity index (χ3n) is 5.96. The van der Waals surface area contributed by atoms with E-state index < -0.39 is 0 Å². The number of aryl methyl sites for hydroxylation is 1. The van der Waals surface area contributed by atoms with Crippen LogP contribution in [0.1, 0.15) is 24.3 Å². The van der Waals surface area contributed by atoms with Crippen molar-refractivity contribution in [1.29, 1.82) is 0 Å². The molecule has 8 nitrogen and oxygen atoms in total. The van der Waals surface area contributed by atoms with Gasteiger partial charge in [-0.2, -0.15) is 4.98 Å². The first-order chi connectivity index (χ1) is 16.7. The van der Waals surface area contributed by atoms with Crippen molar-refractivity contribution in [1.82, 2.24) is 19.7 Å². The van der Waals surface area contributed by atoms with Crippen LogP contribution >= 0.6 is 11.8 Å². The second-order valence-corrected chi connectivity index (χ2v) is 9.33. The van der Waals surface area contributed by atoms with Crippen LogP contribution in [-0.2, 0) is 17.0 Å². The quantitative estimate of drug-likeness (QED) is 0.251. The first-order valence-corrected chi connectivity index (χ1v) is 12.2. The summed E-state index contributed by atoms with van der Waals surface area (Å²) in [5.41, 5.74) is 3.34. The Morgan fingerprint density at radius 2 is 1.97 bits per heavy atom. The molecule has 6 rings (SSSR count). The molecule has 0 spiro atoms. The third-order valence-corrected chi connectivity index (χ3v) is 6.92. The Labute approximate surface area is 198 Å². The van der Waals surface area contributed by atoms with Gasteiger partial charge >= 0.3 is 0 Å². The molecule has 0 N–H and O–H groups in total. The highest BCUT2D eigenvalue weighted by molar-refractivity contribution is 7.98. The van der Waals surface area contributed by atoms with Gasteiger partial charge < -0.3 is 13.7 Å². The smallest absolute Gasteiger partial charge is 0.297 e. The number of thioether (sulfide) groups is 1. The highest BCUT2D eigenvalue weighted by atomic mass is 32.2. The monoisotopic (exact) mass is 474 g/mol. The fraction of sp³-hybridized carbons (Fsp3) is 0.280. The number of rotatable bonds is 6. The van der Waals surface area contributed by atoms with Crippen molar-refractivity contribution in [3.05, 3.63) is 70.3 Å². The molecule has 0 amide bonds. The van der Waals surface area contributed by atoms with Gasteiger partial charge in [-0.3, -0.25) is 9.36 Å². The number of ether oxygens (including phenoxy) is 1. The molecule has 1 fully saturated rings. The molecule has 3 aromatic heterocycles. The zero-order valence-electron chi connectivity index (χ0n) is 18.6. The van der Waals surface area contributed by atoms with Crippen molar-refractivity contribution in [2.24, 2.45) is 0 Å². The Morgan fingerprint density at radius 1 is 1.12 bits per heavy atom. The summed E-state index contributed by atoms with van der Waals surface area (Å²) in [6, 6.07) is 15.5. The molecule has 0 radical (unpaired) electrons. The van der Waals surface area contributed by atoms with Crippen molar-refractivity contribution >= 4 is 33.8 Å². The van der Waals surface area contributed by atoms with E-state index in [2.05, 4.69) is 10.1 Å². The van der Waals surface area contributed by atoms with E-state index in [9.17, 15) is 4.79 Å². The highest BCUT2D eigenvalue weighted by Crippen LogP contribution is 2.29. The van der Waals surface area contributed by atoms with Crippen molar-refractivity contribution in [3.63, 3.8) is 0 Å². The first-order valence-electron chi connectivity index (χ1n) is 11.2. The molecule has 2 aromatic carbocycles. The molecule has 1 aliphatic rings. The van der Waals surface area contributed by atoms with Gasteiger partial charge in [0.05, 0.1) is 18.4 Å². The number of benzene rings is 2. The van der Waals surface area contributed by atoms with Gasteiger partial charge in [0.2, 0.25) is 17.3 Å². The molecule has 34 heavy (non-hydrogen) atoms.